The van der Waals surface area contributed by atoms with Crippen LogP contribution in [0.4, 0.5) is 5.69 Å². The summed E-state index contributed by atoms with van der Waals surface area (Å²) in [6.45, 7) is 2.38. The van der Waals surface area contributed by atoms with Gasteiger partial charge in [-0.3, -0.25) is 9.59 Å². The summed E-state index contributed by atoms with van der Waals surface area (Å²) in [5.74, 6) is 0.998. The highest BCUT2D eigenvalue weighted by atomic mass is 35.5. The number of carbonyl (C=O) groups is 2. The number of piperazine rings is 1. The van der Waals surface area contributed by atoms with E-state index in [4.69, 9.17) is 30.5 Å². The van der Waals surface area contributed by atoms with Crippen molar-refractivity contribution in [3.8, 4) is 23.0 Å². The number of rotatable bonds is 7. The summed E-state index contributed by atoms with van der Waals surface area (Å²) in [5, 5.41) is 0.676. The van der Waals surface area contributed by atoms with Gasteiger partial charge < -0.3 is 33.6 Å². The van der Waals surface area contributed by atoms with Crippen molar-refractivity contribution in [2.75, 3.05) is 66.6 Å². The van der Waals surface area contributed by atoms with E-state index in [1.807, 2.05) is 41.3 Å². The molecule has 2 atom stereocenters. The van der Waals surface area contributed by atoms with Gasteiger partial charge in [0, 0.05) is 49.5 Å². The third kappa shape index (κ3) is 5.22. The van der Waals surface area contributed by atoms with Crippen LogP contribution in [0, 0.1) is 0 Å². The molecule has 2 aliphatic heterocycles. The van der Waals surface area contributed by atoms with Crippen molar-refractivity contribution >= 4 is 29.1 Å². The third-order valence-corrected chi connectivity index (χ3v) is 8.19. The molecule has 0 aliphatic carbocycles. The normalized spacial score (nSPS) is 18.6. The van der Waals surface area contributed by atoms with Crippen LogP contribution in [0.1, 0.15) is 33.4 Å². The van der Waals surface area contributed by atoms with E-state index in [0.717, 1.165) is 11.3 Å². The first kappa shape index (κ1) is 28.4. The van der Waals surface area contributed by atoms with Crippen molar-refractivity contribution in [2.24, 2.45) is 0 Å². The monoisotopic (exact) mass is 579 g/mol. The molecule has 2 heterocycles. The first-order valence-electron chi connectivity index (χ1n) is 13.4. The van der Waals surface area contributed by atoms with Gasteiger partial charge in [0.05, 0.1) is 40.4 Å². The number of ether oxygens (including phenoxy) is 4. The number of nitrogens with zero attached hydrogens (tertiary/aromatic N) is 3. The van der Waals surface area contributed by atoms with Gasteiger partial charge in [-0.15, -0.1) is 0 Å². The number of benzene rings is 3. The summed E-state index contributed by atoms with van der Waals surface area (Å²) in [6, 6.07) is 16.1. The summed E-state index contributed by atoms with van der Waals surface area (Å²) >= 11 is 6.22. The lowest BCUT2D eigenvalue weighted by molar-refractivity contribution is -0.134. The Labute approximate surface area is 245 Å². The van der Waals surface area contributed by atoms with Crippen LogP contribution in [0.25, 0.3) is 0 Å². The fraction of sp³-hybridized carbons (Fsp3) is 0.355. The van der Waals surface area contributed by atoms with Crippen LogP contribution in [-0.2, 0) is 4.79 Å². The van der Waals surface area contributed by atoms with Gasteiger partial charge in [0.25, 0.3) is 5.91 Å². The van der Waals surface area contributed by atoms with E-state index in [2.05, 4.69) is 4.90 Å². The van der Waals surface area contributed by atoms with Gasteiger partial charge in [0.2, 0.25) is 5.91 Å². The van der Waals surface area contributed by atoms with Crippen molar-refractivity contribution < 1.29 is 28.5 Å². The molecule has 0 aromatic heterocycles. The fourth-order valence-electron chi connectivity index (χ4n) is 5.82. The zero-order chi connectivity index (χ0) is 29.3. The largest absolute Gasteiger partial charge is 0.493 e. The molecule has 3 aromatic rings. The van der Waals surface area contributed by atoms with E-state index in [1.54, 1.807) is 51.5 Å². The standard InChI is InChI=1S/C31H34ClN3O6/c1-33-29(19-9-10-24(38-2)25(15-19)39-3)28(22-17-26(40-4)27(41-5)18-23(22)30(33)36)31(37)35-13-11-34(12-14-35)21-8-6-7-20(32)16-21/h6-10,15-18,28-29H,11-14H2,1-5H3. The first-order valence-corrected chi connectivity index (χ1v) is 13.7. The molecule has 2 unspecified atom stereocenters. The Morgan fingerprint density at radius 1 is 0.805 bits per heavy atom. The quantitative estimate of drug-likeness (QED) is 0.404. The summed E-state index contributed by atoms with van der Waals surface area (Å²) in [5.41, 5.74) is 2.80. The number of halogens is 1. The Morgan fingerprint density at radius 2 is 1.44 bits per heavy atom. The van der Waals surface area contributed by atoms with Gasteiger partial charge in [0.1, 0.15) is 0 Å². The molecule has 0 radical (unpaired) electrons. The Kier molecular flexibility index (Phi) is 8.17. The van der Waals surface area contributed by atoms with Crippen LogP contribution in [0.2, 0.25) is 5.02 Å². The number of carbonyl (C=O) groups excluding carboxylic acids is 2. The molecule has 10 heteroatoms. The molecule has 0 N–H and O–H groups in total. The average Bonchev–Trinajstić information content (AvgIpc) is 3.01. The van der Waals surface area contributed by atoms with E-state index >= 15 is 0 Å². The number of anilines is 1. The van der Waals surface area contributed by atoms with Gasteiger partial charge in [-0.2, -0.15) is 0 Å². The lowest BCUT2D eigenvalue weighted by atomic mass is 9.78. The molecule has 216 valence electrons. The molecule has 2 aliphatic rings. The Bertz CT molecular complexity index is 1460. The van der Waals surface area contributed by atoms with Crippen molar-refractivity contribution in [1.82, 2.24) is 9.80 Å². The molecule has 1 saturated heterocycles. The van der Waals surface area contributed by atoms with Crippen molar-refractivity contribution in [3.63, 3.8) is 0 Å². The summed E-state index contributed by atoms with van der Waals surface area (Å²) in [6.07, 6.45) is 0. The van der Waals surface area contributed by atoms with E-state index in [9.17, 15) is 9.59 Å². The smallest absolute Gasteiger partial charge is 0.254 e. The molecule has 41 heavy (non-hydrogen) atoms. The molecular formula is C31H34ClN3O6. The SMILES string of the molecule is COc1ccc(C2C(C(=O)N3CCN(c4cccc(Cl)c4)CC3)c3cc(OC)c(OC)cc3C(=O)N2C)cc1OC. The summed E-state index contributed by atoms with van der Waals surface area (Å²) in [4.78, 5) is 34.0. The molecule has 5 rings (SSSR count). The maximum absolute atomic E-state index is 14.5. The second-order valence-electron chi connectivity index (χ2n) is 10.0. The van der Waals surface area contributed by atoms with Crippen molar-refractivity contribution in [2.45, 2.75) is 12.0 Å². The van der Waals surface area contributed by atoms with Gasteiger partial charge in [-0.05, 0) is 53.6 Å². The zero-order valence-electron chi connectivity index (χ0n) is 23.8. The maximum atomic E-state index is 14.5. The lowest BCUT2D eigenvalue weighted by Gasteiger charge is -2.43. The highest BCUT2D eigenvalue weighted by Crippen LogP contribution is 2.47. The van der Waals surface area contributed by atoms with Gasteiger partial charge in [0.15, 0.2) is 23.0 Å². The molecular weight excluding hydrogens is 546 g/mol. The minimum absolute atomic E-state index is 0.0663. The number of hydrogen-bond acceptors (Lipinski definition) is 7. The molecule has 0 saturated carbocycles. The van der Waals surface area contributed by atoms with Crippen LogP contribution >= 0.6 is 11.6 Å². The number of likely N-dealkylation sites (N-methyl/N-ethyl adjacent to an activating group) is 1. The number of hydrogen-bond donors (Lipinski definition) is 0. The van der Waals surface area contributed by atoms with E-state index < -0.39 is 12.0 Å². The molecule has 0 bridgehead atoms. The Hall–Kier alpha value is -4.11. The predicted molar refractivity (Wildman–Crippen MR) is 157 cm³/mol. The van der Waals surface area contributed by atoms with E-state index in [-0.39, 0.29) is 11.8 Å². The highest BCUT2D eigenvalue weighted by molar-refractivity contribution is 6.30. The maximum Gasteiger partial charge on any atom is 0.254 e. The predicted octanol–water partition coefficient (Wildman–Crippen LogP) is 4.63. The molecule has 0 spiro atoms. The van der Waals surface area contributed by atoms with E-state index in [1.165, 1.54) is 7.11 Å². The van der Waals surface area contributed by atoms with E-state index in [0.29, 0.717) is 65.3 Å². The van der Waals surface area contributed by atoms with Crippen LogP contribution in [0.5, 0.6) is 23.0 Å². The minimum atomic E-state index is -0.691. The molecule has 1 fully saturated rings. The summed E-state index contributed by atoms with van der Waals surface area (Å²) < 4.78 is 22.1. The number of fused-ring (bicyclic) bond motifs is 1. The van der Waals surface area contributed by atoms with Gasteiger partial charge in [-0.25, -0.2) is 0 Å². The molecule has 9 nitrogen and oxygen atoms in total. The number of methoxy groups -OCH3 is 4. The lowest BCUT2D eigenvalue weighted by Crippen LogP contribution is -2.53. The van der Waals surface area contributed by atoms with Crippen LogP contribution in [-0.4, -0.2) is 83.3 Å². The first-order chi connectivity index (χ1) is 19.8. The average molecular weight is 580 g/mol. The number of amides is 2. The van der Waals surface area contributed by atoms with Crippen molar-refractivity contribution in [1.29, 1.82) is 0 Å². The van der Waals surface area contributed by atoms with Crippen LogP contribution < -0.4 is 23.8 Å². The fourth-order valence-corrected chi connectivity index (χ4v) is 6.01. The Morgan fingerprint density at radius 3 is 2.07 bits per heavy atom. The van der Waals surface area contributed by atoms with Gasteiger partial charge >= 0.3 is 0 Å². The molecule has 3 aromatic carbocycles. The van der Waals surface area contributed by atoms with Crippen LogP contribution in [0.3, 0.4) is 0 Å². The zero-order valence-corrected chi connectivity index (χ0v) is 24.6. The third-order valence-electron chi connectivity index (χ3n) is 7.95. The minimum Gasteiger partial charge on any atom is -0.493 e. The van der Waals surface area contributed by atoms with Gasteiger partial charge in [-0.1, -0.05) is 23.7 Å². The topological polar surface area (TPSA) is 80.8 Å². The second kappa shape index (κ2) is 11.8. The molecule has 2 amide bonds. The Balaban J connectivity index is 1.56. The highest BCUT2D eigenvalue weighted by Gasteiger charge is 2.45. The van der Waals surface area contributed by atoms with Crippen LogP contribution in [0.15, 0.2) is 54.6 Å². The summed E-state index contributed by atoms with van der Waals surface area (Å²) in [7, 11) is 7.92. The second-order valence-corrected chi connectivity index (χ2v) is 10.5. The van der Waals surface area contributed by atoms with Crippen molar-refractivity contribution in [3.05, 3.63) is 76.3 Å².